The maximum Gasteiger partial charge on any atom is 0.320 e. The third-order valence-corrected chi connectivity index (χ3v) is 7.49. The fourth-order valence-electron chi connectivity index (χ4n) is 5.42. The second-order valence-electron chi connectivity index (χ2n) is 10.4. The number of rotatable bonds is 9. The molecule has 3 atom stereocenters. The molecule has 2 fully saturated rings. The summed E-state index contributed by atoms with van der Waals surface area (Å²) in [6, 6.07) is 6.47. The third-order valence-electron chi connectivity index (χ3n) is 7.37. The first-order valence-corrected chi connectivity index (χ1v) is 13.4. The minimum atomic E-state index is -0.950. The predicted octanol–water partition coefficient (Wildman–Crippen LogP) is 3.24. The molecule has 1 aromatic carbocycles. The number of halogens is 1. The van der Waals surface area contributed by atoms with Crippen LogP contribution in [0, 0.1) is 6.92 Å². The van der Waals surface area contributed by atoms with E-state index in [0.29, 0.717) is 50.5 Å². The van der Waals surface area contributed by atoms with Crippen molar-refractivity contribution in [2.75, 3.05) is 51.4 Å². The van der Waals surface area contributed by atoms with Gasteiger partial charge in [0.25, 0.3) is 0 Å². The summed E-state index contributed by atoms with van der Waals surface area (Å²) in [4.78, 5) is 14.0. The first-order valence-electron chi connectivity index (χ1n) is 13.0. The average Bonchev–Trinajstić information content (AvgIpc) is 3.24. The lowest BCUT2D eigenvalue weighted by Gasteiger charge is -2.43. The highest BCUT2D eigenvalue weighted by Gasteiger charge is 2.36. The van der Waals surface area contributed by atoms with Gasteiger partial charge in [-0.1, -0.05) is 12.2 Å². The number of aromatic nitrogens is 4. The molecule has 2 aliphatic rings. The molecule has 0 aliphatic carbocycles. The Labute approximate surface area is 227 Å². The standard InChI is InChI=1S/C27H35FN6O3S/c1-16-7-19-10-29-34(24(19)8-22(16)21-5-6-32(13-23(21)28)20-14-37-15-20)26-9-25(30-27(31-26)36-4)33(11-17(2)35)12-18(3)38/h7-10,17,20-21,23,35H,5-6,11-15H2,1-4H3/t17-,21?,23?/m1/s1. The van der Waals surface area contributed by atoms with Crippen LogP contribution in [0.25, 0.3) is 16.7 Å². The van der Waals surface area contributed by atoms with Gasteiger partial charge in [-0.05, 0) is 57.0 Å². The molecule has 11 heteroatoms. The van der Waals surface area contributed by atoms with Crippen LogP contribution in [0.3, 0.4) is 0 Å². The van der Waals surface area contributed by atoms with Gasteiger partial charge in [0.05, 0.1) is 50.7 Å². The van der Waals surface area contributed by atoms with Crippen molar-refractivity contribution >= 4 is 33.8 Å². The molecule has 204 valence electrons. The van der Waals surface area contributed by atoms with Gasteiger partial charge in [-0.3, -0.25) is 4.90 Å². The van der Waals surface area contributed by atoms with E-state index in [0.717, 1.165) is 39.9 Å². The molecular formula is C27H35FN6O3S. The lowest BCUT2D eigenvalue weighted by atomic mass is 9.84. The van der Waals surface area contributed by atoms with E-state index in [9.17, 15) is 5.11 Å². The second-order valence-corrected chi connectivity index (χ2v) is 11.1. The number of benzene rings is 1. The van der Waals surface area contributed by atoms with Crippen molar-refractivity contribution in [2.24, 2.45) is 0 Å². The van der Waals surface area contributed by atoms with Crippen LogP contribution in [-0.2, 0) is 4.74 Å². The third kappa shape index (κ3) is 5.51. The Morgan fingerprint density at radius 3 is 2.74 bits per heavy atom. The van der Waals surface area contributed by atoms with E-state index in [1.54, 1.807) is 17.8 Å². The Bertz CT molecular complexity index is 1310. The maximum absolute atomic E-state index is 15.5. The van der Waals surface area contributed by atoms with Crippen LogP contribution >= 0.6 is 12.2 Å². The number of hydrogen-bond acceptors (Lipinski definition) is 9. The number of aliphatic hydroxyl groups excluding tert-OH is 1. The Morgan fingerprint density at radius 2 is 2.11 bits per heavy atom. The van der Waals surface area contributed by atoms with Crippen molar-refractivity contribution in [1.29, 1.82) is 0 Å². The smallest absolute Gasteiger partial charge is 0.320 e. The molecule has 0 radical (unpaired) electrons. The number of ether oxygens (including phenoxy) is 2. The van der Waals surface area contributed by atoms with Gasteiger partial charge in [-0.25, -0.2) is 9.07 Å². The summed E-state index contributed by atoms with van der Waals surface area (Å²) in [5, 5.41) is 15.6. The summed E-state index contributed by atoms with van der Waals surface area (Å²) in [6.45, 7) is 9.11. The molecule has 2 unspecified atom stereocenters. The zero-order valence-electron chi connectivity index (χ0n) is 22.3. The van der Waals surface area contributed by atoms with Crippen molar-refractivity contribution in [3.8, 4) is 11.8 Å². The number of hydrogen-bond donors (Lipinski definition) is 1. The number of nitrogens with zero attached hydrogens (tertiary/aromatic N) is 6. The molecule has 0 bridgehead atoms. The summed E-state index contributed by atoms with van der Waals surface area (Å²) >= 11 is 5.34. The van der Waals surface area contributed by atoms with Crippen LogP contribution in [0.4, 0.5) is 10.2 Å². The Morgan fingerprint density at radius 1 is 1.32 bits per heavy atom. The van der Waals surface area contributed by atoms with Crippen molar-refractivity contribution < 1.29 is 19.0 Å². The SMILES string of the molecule is COc1nc(N(CC(C)=S)C[C@@H](C)O)cc(-n2ncc3cc(C)c(C4CCN(C5COC5)CC4F)cc32)n1. The van der Waals surface area contributed by atoms with E-state index in [-0.39, 0.29) is 11.9 Å². The quantitative estimate of drug-likeness (QED) is 0.410. The van der Waals surface area contributed by atoms with E-state index >= 15 is 4.39 Å². The normalized spacial score (nSPS) is 21.3. The van der Waals surface area contributed by atoms with E-state index < -0.39 is 12.3 Å². The van der Waals surface area contributed by atoms with Gasteiger partial charge in [0.2, 0.25) is 0 Å². The highest BCUT2D eigenvalue weighted by Crippen LogP contribution is 2.36. The largest absolute Gasteiger partial charge is 0.467 e. The number of piperidine rings is 1. The minimum absolute atomic E-state index is 0.178. The Balaban J connectivity index is 1.51. The lowest BCUT2D eigenvalue weighted by Crippen LogP contribution is -2.54. The van der Waals surface area contributed by atoms with Crippen molar-refractivity contribution in [3.63, 3.8) is 0 Å². The number of methoxy groups -OCH3 is 1. The molecular weight excluding hydrogens is 507 g/mol. The number of anilines is 1. The lowest BCUT2D eigenvalue weighted by molar-refractivity contribution is -0.0807. The highest BCUT2D eigenvalue weighted by molar-refractivity contribution is 7.80. The molecule has 4 heterocycles. The van der Waals surface area contributed by atoms with Crippen LogP contribution in [0.2, 0.25) is 0 Å². The fourth-order valence-corrected chi connectivity index (χ4v) is 5.58. The number of alkyl halides is 1. The van der Waals surface area contributed by atoms with Crippen LogP contribution in [-0.4, -0.2) is 99.4 Å². The number of aliphatic hydroxyl groups is 1. The topological polar surface area (TPSA) is 88.8 Å². The molecule has 0 spiro atoms. The van der Waals surface area contributed by atoms with E-state index in [2.05, 4.69) is 32.1 Å². The maximum atomic E-state index is 15.5. The van der Waals surface area contributed by atoms with E-state index in [1.165, 1.54) is 7.11 Å². The monoisotopic (exact) mass is 542 g/mol. The zero-order valence-corrected chi connectivity index (χ0v) is 23.1. The van der Waals surface area contributed by atoms with Crippen molar-refractivity contribution in [3.05, 3.63) is 35.5 Å². The first-order chi connectivity index (χ1) is 18.2. The van der Waals surface area contributed by atoms with Gasteiger partial charge in [0, 0.05) is 35.3 Å². The predicted molar refractivity (Wildman–Crippen MR) is 149 cm³/mol. The fraction of sp³-hybridized carbons (Fsp3) is 0.556. The number of thiocarbonyl (C=S) groups is 1. The number of likely N-dealkylation sites (tertiary alicyclic amines) is 1. The summed E-state index contributed by atoms with van der Waals surface area (Å²) in [6.07, 6.45) is 1.02. The van der Waals surface area contributed by atoms with Gasteiger partial charge in [0.1, 0.15) is 12.0 Å². The van der Waals surface area contributed by atoms with Gasteiger partial charge in [0.15, 0.2) is 5.82 Å². The molecule has 38 heavy (non-hydrogen) atoms. The summed E-state index contributed by atoms with van der Waals surface area (Å²) in [5.41, 5.74) is 2.91. The molecule has 9 nitrogen and oxygen atoms in total. The van der Waals surface area contributed by atoms with Gasteiger partial charge in [-0.15, -0.1) is 0 Å². The van der Waals surface area contributed by atoms with Gasteiger partial charge in [-0.2, -0.15) is 15.1 Å². The van der Waals surface area contributed by atoms with Crippen LogP contribution in [0.1, 0.15) is 37.3 Å². The van der Waals surface area contributed by atoms with Crippen molar-refractivity contribution in [2.45, 2.75) is 51.4 Å². The summed E-state index contributed by atoms with van der Waals surface area (Å²) < 4.78 is 28.0. The highest BCUT2D eigenvalue weighted by atomic mass is 32.1. The molecule has 2 aliphatic heterocycles. The summed E-state index contributed by atoms with van der Waals surface area (Å²) in [5.74, 6) is 0.914. The van der Waals surface area contributed by atoms with E-state index in [1.807, 2.05) is 24.8 Å². The van der Waals surface area contributed by atoms with Gasteiger partial charge >= 0.3 is 6.01 Å². The average molecular weight is 543 g/mol. The molecule has 5 rings (SSSR count). The molecule has 1 N–H and O–H groups in total. The molecule has 2 saturated heterocycles. The minimum Gasteiger partial charge on any atom is -0.467 e. The van der Waals surface area contributed by atoms with Gasteiger partial charge < -0.3 is 19.5 Å². The van der Waals surface area contributed by atoms with Crippen molar-refractivity contribution in [1.82, 2.24) is 24.6 Å². The molecule has 2 aromatic heterocycles. The molecule has 0 saturated carbocycles. The molecule has 0 amide bonds. The summed E-state index contributed by atoms with van der Waals surface area (Å²) in [7, 11) is 1.51. The molecule has 3 aromatic rings. The van der Waals surface area contributed by atoms with E-state index in [4.69, 9.17) is 21.7 Å². The number of aryl methyl sites for hydroxylation is 1. The van der Waals surface area contributed by atoms with Crippen LogP contribution in [0.5, 0.6) is 6.01 Å². The Kier molecular flexibility index (Phi) is 7.90. The van der Waals surface area contributed by atoms with Crippen LogP contribution < -0.4 is 9.64 Å². The Hall–Kier alpha value is -2.73. The first kappa shape index (κ1) is 26.9. The second kappa shape index (κ2) is 11.2. The van der Waals surface area contributed by atoms with Crippen LogP contribution in [0.15, 0.2) is 24.4 Å². The zero-order chi connectivity index (χ0) is 27.0. The number of fused-ring (bicyclic) bond motifs is 1.